The van der Waals surface area contributed by atoms with Crippen molar-refractivity contribution < 1.29 is 9.53 Å². The number of nitrogens with one attached hydrogen (secondary N) is 1. The molecular weight excluding hydrogens is 352 g/mol. The third-order valence-electron chi connectivity index (χ3n) is 4.43. The van der Waals surface area contributed by atoms with E-state index in [2.05, 4.69) is 15.3 Å². The lowest BCUT2D eigenvalue weighted by Crippen LogP contribution is -2.26. The van der Waals surface area contributed by atoms with Crippen molar-refractivity contribution in [2.24, 2.45) is 0 Å². The smallest absolute Gasteiger partial charge is 0.244 e. The molecule has 2 aromatic heterocycles. The summed E-state index contributed by atoms with van der Waals surface area (Å²) in [7, 11) is 1.63. The number of carbonyl (C=O) groups is 1. The maximum Gasteiger partial charge on any atom is 0.244 e. The number of amides is 1. The molecule has 0 radical (unpaired) electrons. The quantitative estimate of drug-likeness (QED) is 0.636. The van der Waals surface area contributed by atoms with E-state index in [4.69, 9.17) is 4.74 Å². The van der Waals surface area contributed by atoms with Gasteiger partial charge in [0.05, 0.1) is 30.9 Å². The van der Waals surface area contributed by atoms with Gasteiger partial charge in [0.2, 0.25) is 5.91 Å². The van der Waals surface area contributed by atoms with Gasteiger partial charge < -0.3 is 14.6 Å². The van der Waals surface area contributed by atoms with Crippen LogP contribution in [0.3, 0.4) is 0 Å². The largest absolute Gasteiger partial charge is 0.495 e. The number of pyridine rings is 1. The van der Waals surface area contributed by atoms with Gasteiger partial charge in [-0.15, -0.1) is 0 Å². The highest BCUT2D eigenvalue weighted by Gasteiger charge is 2.11. The van der Waals surface area contributed by atoms with E-state index < -0.39 is 0 Å². The first-order chi connectivity index (χ1) is 13.6. The zero-order chi connectivity index (χ0) is 19.9. The number of methoxy groups -OCH3 is 1. The summed E-state index contributed by atoms with van der Waals surface area (Å²) in [4.78, 5) is 20.7. The molecule has 6 nitrogen and oxygen atoms in total. The number of ether oxygens (including phenoxy) is 1. The molecule has 3 aromatic rings. The van der Waals surface area contributed by atoms with Crippen molar-refractivity contribution in [3.63, 3.8) is 0 Å². The summed E-state index contributed by atoms with van der Waals surface area (Å²) in [5, 5.41) is 3.01. The molecule has 1 atom stereocenters. The first-order valence-corrected chi connectivity index (χ1v) is 9.18. The second-order valence-corrected chi connectivity index (χ2v) is 6.44. The maximum atomic E-state index is 12.3. The standard InChI is InChI=1S/C22H24N4O2/c1-4-19(18-6-5-11-23-13-18)25-22(27)10-8-17-7-9-20(21(12-17)28-3)26-14-16(2)24-15-26/h5-15,19H,4H2,1-3H3,(H,25,27)/b10-8+. The monoisotopic (exact) mass is 376 g/mol. The maximum absolute atomic E-state index is 12.3. The molecule has 0 saturated carbocycles. The fraction of sp³-hybridized carbons (Fsp3) is 0.227. The predicted octanol–water partition coefficient (Wildman–Crippen LogP) is 3.87. The van der Waals surface area contributed by atoms with Crippen molar-refractivity contribution in [3.8, 4) is 11.4 Å². The van der Waals surface area contributed by atoms with Crippen LogP contribution in [0, 0.1) is 6.92 Å². The summed E-state index contributed by atoms with van der Waals surface area (Å²) in [6.07, 6.45) is 11.3. The third kappa shape index (κ3) is 4.65. The van der Waals surface area contributed by atoms with E-state index in [9.17, 15) is 4.79 Å². The molecule has 1 unspecified atom stereocenters. The van der Waals surface area contributed by atoms with Crippen LogP contribution < -0.4 is 10.1 Å². The predicted molar refractivity (Wildman–Crippen MR) is 109 cm³/mol. The second kappa shape index (κ2) is 8.99. The van der Waals surface area contributed by atoms with E-state index in [0.717, 1.165) is 28.9 Å². The number of hydrogen-bond acceptors (Lipinski definition) is 4. The van der Waals surface area contributed by atoms with Crippen molar-refractivity contribution in [1.82, 2.24) is 19.9 Å². The lowest BCUT2D eigenvalue weighted by atomic mass is 10.1. The fourth-order valence-corrected chi connectivity index (χ4v) is 2.96. The highest BCUT2D eigenvalue weighted by molar-refractivity contribution is 5.92. The van der Waals surface area contributed by atoms with Crippen molar-refractivity contribution >= 4 is 12.0 Å². The summed E-state index contributed by atoms with van der Waals surface area (Å²) in [6.45, 7) is 3.97. The van der Waals surface area contributed by atoms with Crippen LogP contribution in [0.2, 0.25) is 0 Å². The van der Waals surface area contributed by atoms with Gasteiger partial charge in [-0.05, 0) is 48.7 Å². The number of carbonyl (C=O) groups excluding carboxylic acids is 1. The van der Waals surface area contributed by atoms with Gasteiger partial charge in [-0.1, -0.05) is 19.1 Å². The van der Waals surface area contributed by atoms with Gasteiger partial charge in [0, 0.05) is 24.7 Å². The highest BCUT2D eigenvalue weighted by atomic mass is 16.5. The van der Waals surface area contributed by atoms with Crippen LogP contribution in [0.15, 0.2) is 61.3 Å². The van der Waals surface area contributed by atoms with Crippen LogP contribution >= 0.6 is 0 Å². The molecule has 28 heavy (non-hydrogen) atoms. The minimum Gasteiger partial charge on any atom is -0.495 e. The zero-order valence-electron chi connectivity index (χ0n) is 16.3. The third-order valence-corrected chi connectivity index (χ3v) is 4.43. The van der Waals surface area contributed by atoms with Crippen molar-refractivity contribution in [2.45, 2.75) is 26.3 Å². The normalized spacial score (nSPS) is 12.1. The second-order valence-electron chi connectivity index (χ2n) is 6.44. The Hall–Kier alpha value is -3.41. The molecule has 0 aliphatic heterocycles. The Balaban J connectivity index is 1.72. The van der Waals surface area contributed by atoms with Crippen LogP contribution in [0.25, 0.3) is 11.8 Å². The highest BCUT2D eigenvalue weighted by Crippen LogP contribution is 2.25. The summed E-state index contributed by atoms with van der Waals surface area (Å²) in [6, 6.07) is 9.55. The molecule has 0 aliphatic carbocycles. The van der Waals surface area contributed by atoms with Crippen LogP contribution in [-0.2, 0) is 4.79 Å². The fourth-order valence-electron chi connectivity index (χ4n) is 2.96. The summed E-state index contributed by atoms with van der Waals surface area (Å²) in [5.74, 6) is 0.561. The van der Waals surface area contributed by atoms with E-state index in [-0.39, 0.29) is 11.9 Å². The molecule has 0 spiro atoms. The number of imidazole rings is 1. The SMILES string of the molecule is CCC(NC(=O)/C=C/c1ccc(-n2cnc(C)c2)c(OC)c1)c1cccnc1. The number of hydrogen-bond donors (Lipinski definition) is 1. The molecule has 1 N–H and O–H groups in total. The topological polar surface area (TPSA) is 69.0 Å². The van der Waals surface area contributed by atoms with Crippen LogP contribution in [0.4, 0.5) is 0 Å². The first kappa shape index (κ1) is 19.4. The molecule has 0 bridgehead atoms. The Morgan fingerprint density at radius 3 is 2.86 bits per heavy atom. The molecule has 0 saturated heterocycles. The average Bonchev–Trinajstić information content (AvgIpc) is 3.17. The first-order valence-electron chi connectivity index (χ1n) is 9.18. The van der Waals surface area contributed by atoms with Crippen molar-refractivity contribution in [3.05, 3.63) is 78.1 Å². The van der Waals surface area contributed by atoms with Gasteiger partial charge in [-0.2, -0.15) is 0 Å². The Morgan fingerprint density at radius 2 is 2.21 bits per heavy atom. The Labute approximate surface area is 164 Å². The summed E-state index contributed by atoms with van der Waals surface area (Å²) < 4.78 is 7.42. The number of nitrogens with zero attached hydrogens (tertiary/aromatic N) is 3. The van der Waals surface area contributed by atoms with Gasteiger partial charge in [-0.3, -0.25) is 9.78 Å². The van der Waals surface area contributed by atoms with E-state index in [1.165, 1.54) is 6.08 Å². The molecule has 3 rings (SSSR count). The minimum absolute atomic E-state index is 0.0627. The van der Waals surface area contributed by atoms with Gasteiger partial charge in [0.15, 0.2) is 0 Å². The molecule has 0 aliphatic rings. The van der Waals surface area contributed by atoms with Crippen molar-refractivity contribution in [1.29, 1.82) is 0 Å². The number of rotatable bonds is 7. The van der Waals surface area contributed by atoms with E-state index in [0.29, 0.717) is 5.75 Å². The number of aromatic nitrogens is 3. The molecule has 2 heterocycles. The van der Waals surface area contributed by atoms with Gasteiger partial charge >= 0.3 is 0 Å². The van der Waals surface area contributed by atoms with Gasteiger partial charge in [0.25, 0.3) is 0 Å². The van der Waals surface area contributed by atoms with Gasteiger partial charge in [0.1, 0.15) is 5.75 Å². The summed E-state index contributed by atoms with van der Waals surface area (Å²) >= 11 is 0. The van der Waals surface area contributed by atoms with E-state index in [1.807, 2.05) is 54.9 Å². The van der Waals surface area contributed by atoms with Crippen molar-refractivity contribution in [2.75, 3.05) is 7.11 Å². The van der Waals surface area contributed by atoms with E-state index >= 15 is 0 Å². The summed E-state index contributed by atoms with van der Waals surface area (Å²) in [5.41, 5.74) is 3.70. The molecule has 1 amide bonds. The Kier molecular flexibility index (Phi) is 6.22. The average molecular weight is 376 g/mol. The van der Waals surface area contributed by atoms with Crippen LogP contribution in [0.5, 0.6) is 5.75 Å². The molecular formula is C22H24N4O2. The molecule has 6 heteroatoms. The molecule has 1 aromatic carbocycles. The van der Waals surface area contributed by atoms with E-state index in [1.54, 1.807) is 31.9 Å². The van der Waals surface area contributed by atoms with Gasteiger partial charge in [-0.25, -0.2) is 4.98 Å². The Bertz CT molecular complexity index is 964. The molecule has 0 fully saturated rings. The number of aryl methyl sites for hydroxylation is 1. The van der Waals surface area contributed by atoms with Crippen LogP contribution in [0.1, 0.15) is 36.2 Å². The molecule has 144 valence electrons. The Morgan fingerprint density at radius 1 is 1.36 bits per heavy atom. The minimum atomic E-state index is -0.149. The number of benzene rings is 1. The van der Waals surface area contributed by atoms with Crippen LogP contribution in [-0.4, -0.2) is 27.6 Å². The zero-order valence-corrected chi connectivity index (χ0v) is 16.3. The lowest BCUT2D eigenvalue weighted by Gasteiger charge is -2.15. The lowest BCUT2D eigenvalue weighted by molar-refractivity contribution is -0.117.